The minimum Gasteiger partial charge on any atom is -0.465 e. The fraction of sp³-hybridized carbons (Fsp3) is 0.375. The van der Waals surface area contributed by atoms with Gasteiger partial charge in [-0.15, -0.1) is 0 Å². The summed E-state index contributed by atoms with van der Waals surface area (Å²) in [4.78, 5) is 35.7. The first-order valence-corrected chi connectivity index (χ1v) is 7.66. The first kappa shape index (κ1) is 20.4. The molecule has 2 unspecified atom stereocenters. The van der Waals surface area contributed by atoms with Crippen LogP contribution < -0.4 is 0 Å². The van der Waals surface area contributed by atoms with Crippen LogP contribution in [0.5, 0.6) is 0 Å². The molecule has 0 radical (unpaired) electrons. The molecular formula is C16H18ClNO7. The van der Waals surface area contributed by atoms with Crippen molar-refractivity contribution in [3.63, 3.8) is 0 Å². The molecule has 0 bridgehead atoms. The van der Waals surface area contributed by atoms with E-state index >= 15 is 0 Å². The molecule has 9 heteroatoms. The third-order valence-electron chi connectivity index (χ3n) is 3.41. The van der Waals surface area contributed by atoms with Crippen LogP contribution in [0.4, 0.5) is 0 Å². The second-order valence-electron chi connectivity index (χ2n) is 5.02. The zero-order valence-electron chi connectivity index (χ0n) is 13.9. The Labute approximate surface area is 149 Å². The molecule has 1 rings (SSSR count). The second kappa shape index (κ2) is 9.03. The van der Waals surface area contributed by atoms with Crippen molar-refractivity contribution in [2.75, 3.05) is 13.7 Å². The molecule has 1 aromatic carbocycles. The SMILES string of the molecule is CCOC(=O)C(C(C)=O)C(C(C(=O)OC)=[N+]([O-])O)c1cccc(Cl)c1. The highest BCUT2D eigenvalue weighted by Gasteiger charge is 2.46. The van der Waals surface area contributed by atoms with E-state index in [0.717, 1.165) is 14.0 Å². The molecule has 0 saturated heterocycles. The van der Waals surface area contributed by atoms with Gasteiger partial charge in [-0.3, -0.25) is 14.8 Å². The number of rotatable bonds is 7. The number of Topliss-reactive ketones (excluding diaryl/α,β-unsaturated/α-hetero) is 1. The number of methoxy groups -OCH3 is 1. The largest absolute Gasteiger partial charge is 0.465 e. The molecule has 0 aromatic heterocycles. The Morgan fingerprint density at radius 2 is 2.00 bits per heavy atom. The van der Waals surface area contributed by atoms with Gasteiger partial charge in [0, 0.05) is 9.92 Å². The van der Waals surface area contributed by atoms with Gasteiger partial charge in [0.05, 0.1) is 13.7 Å². The van der Waals surface area contributed by atoms with E-state index in [1.54, 1.807) is 6.92 Å². The lowest BCUT2D eigenvalue weighted by Gasteiger charge is -2.22. The number of carbonyl (C=O) groups is 3. The Kier molecular flexibility index (Phi) is 7.38. The van der Waals surface area contributed by atoms with Gasteiger partial charge in [0.1, 0.15) is 17.6 Å². The third kappa shape index (κ3) is 4.93. The maximum atomic E-state index is 12.3. The highest BCUT2D eigenvalue weighted by atomic mass is 35.5. The summed E-state index contributed by atoms with van der Waals surface area (Å²) < 4.78 is 9.38. The summed E-state index contributed by atoms with van der Waals surface area (Å²) in [5, 5.41) is 21.2. The maximum Gasteiger partial charge on any atom is 0.405 e. The van der Waals surface area contributed by atoms with Crippen LogP contribution in [0, 0.1) is 11.1 Å². The molecule has 0 saturated carbocycles. The first-order chi connectivity index (χ1) is 11.7. The van der Waals surface area contributed by atoms with Crippen molar-refractivity contribution >= 4 is 35.0 Å². The average Bonchev–Trinajstić information content (AvgIpc) is 2.53. The number of esters is 2. The average molecular weight is 372 g/mol. The van der Waals surface area contributed by atoms with Crippen LogP contribution in [-0.2, 0) is 23.9 Å². The minimum atomic E-state index is -1.55. The zero-order valence-corrected chi connectivity index (χ0v) is 14.6. The minimum absolute atomic E-state index is 0.0152. The van der Waals surface area contributed by atoms with Crippen LogP contribution in [-0.4, -0.2) is 47.3 Å². The van der Waals surface area contributed by atoms with Gasteiger partial charge in [0.15, 0.2) is 0 Å². The van der Waals surface area contributed by atoms with Crippen LogP contribution in [0.3, 0.4) is 0 Å². The van der Waals surface area contributed by atoms with Crippen molar-refractivity contribution in [1.29, 1.82) is 0 Å². The smallest absolute Gasteiger partial charge is 0.405 e. The lowest BCUT2D eigenvalue weighted by Crippen LogP contribution is -2.41. The molecule has 0 spiro atoms. The summed E-state index contributed by atoms with van der Waals surface area (Å²) in [6.45, 7) is 2.64. The molecule has 0 aliphatic rings. The second-order valence-corrected chi connectivity index (χ2v) is 5.46. The van der Waals surface area contributed by atoms with E-state index < -0.39 is 40.2 Å². The number of ketones is 1. The fourth-order valence-electron chi connectivity index (χ4n) is 2.41. The maximum absolute atomic E-state index is 12.3. The predicted molar refractivity (Wildman–Crippen MR) is 87.4 cm³/mol. The van der Waals surface area contributed by atoms with Gasteiger partial charge in [-0.25, -0.2) is 4.79 Å². The first-order valence-electron chi connectivity index (χ1n) is 7.28. The van der Waals surface area contributed by atoms with Crippen LogP contribution in [0.1, 0.15) is 25.3 Å². The number of halogens is 1. The van der Waals surface area contributed by atoms with E-state index in [0.29, 0.717) is 0 Å². The van der Waals surface area contributed by atoms with E-state index in [-0.39, 0.29) is 17.2 Å². The summed E-state index contributed by atoms with van der Waals surface area (Å²) in [5.41, 5.74) is -0.644. The van der Waals surface area contributed by atoms with Crippen molar-refractivity contribution in [3.05, 3.63) is 40.1 Å². The monoisotopic (exact) mass is 371 g/mol. The van der Waals surface area contributed by atoms with Gasteiger partial charge in [0.2, 0.25) is 0 Å². The summed E-state index contributed by atoms with van der Waals surface area (Å²) in [5.74, 6) is -5.78. The molecule has 8 nitrogen and oxygen atoms in total. The number of hydrogen-bond acceptors (Lipinski definition) is 7. The normalized spacial score (nSPS) is 14.1. The summed E-state index contributed by atoms with van der Waals surface area (Å²) in [7, 11) is 0.994. The quantitative estimate of drug-likeness (QED) is 0.194. The summed E-state index contributed by atoms with van der Waals surface area (Å²) in [6, 6.07) is 5.86. The van der Waals surface area contributed by atoms with Gasteiger partial charge in [0.25, 0.3) is 0 Å². The Bertz CT molecular complexity index is 697. The van der Waals surface area contributed by atoms with Crippen molar-refractivity contribution in [3.8, 4) is 0 Å². The standard InChI is InChI=1S/C16H18ClNO7/c1-4-25-15(20)12(9(2)19)13(10-6-5-7-11(17)8-10)14(18(22)23)16(21)24-3/h5-8,12-13H,4H2,1-3H3,(H,22,23). The Morgan fingerprint density at radius 3 is 2.44 bits per heavy atom. The third-order valence-corrected chi connectivity index (χ3v) is 3.65. The molecule has 0 aliphatic carbocycles. The summed E-state index contributed by atoms with van der Waals surface area (Å²) >= 11 is 5.93. The zero-order chi connectivity index (χ0) is 19.1. The lowest BCUT2D eigenvalue weighted by atomic mass is 9.80. The van der Waals surface area contributed by atoms with E-state index in [9.17, 15) is 24.8 Å². The van der Waals surface area contributed by atoms with Crippen molar-refractivity contribution in [2.45, 2.75) is 19.8 Å². The molecule has 0 heterocycles. The molecule has 1 N–H and O–H groups in total. The van der Waals surface area contributed by atoms with Crippen molar-refractivity contribution < 1.29 is 34.0 Å². The Hall–Kier alpha value is -2.61. The van der Waals surface area contributed by atoms with Gasteiger partial charge in [-0.1, -0.05) is 23.7 Å². The predicted octanol–water partition coefficient (Wildman–Crippen LogP) is 1.71. The Morgan fingerprint density at radius 1 is 1.36 bits per heavy atom. The number of carbonyl (C=O) groups excluding carboxylic acids is 3. The molecule has 136 valence electrons. The van der Waals surface area contributed by atoms with Crippen molar-refractivity contribution in [1.82, 2.24) is 0 Å². The molecule has 0 fully saturated rings. The van der Waals surface area contributed by atoms with Gasteiger partial charge in [-0.2, -0.15) is 0 Å². The van der Waals surface area contributed by atoms with Gasteiger partial charge < -0.3 is 14.7 Å². The molecule has 0 amide bonds. The molecule has 2 atom stereocenters. The number of hydrogen-bond donors (Lipinski definition) is 1. The Balaban J connectivity index is 3.66. The lowest BCUT2D eigenvalue weighted by molar-refractivity contribution is -0.726. The molecule has 25 heavy (non-hydrogen) atoms. The highest BCUT2D eigenvalue weighted by molar-refractivity contribution is 6.37. The van der Waals surface area contributed by atoms with Gasteiger partial charge >= 0.3 is 17.7 Å². The molecule has 0 aliphatic heterocycles. The van der Waals surface area contributed by atoms with Crippen molar-refractivity contribution in [2.24, 2.45) is 5.92 Å². The van der Waals surface area contributed by atoms with Crippen LogP contribution in [0.25, 0.3) is 0 Å². The highest BCUT2D eigenvalue weighted by Crippen LogP contribution is 2.31. The molecular weight excluding hydrogens is 354 g/mol. The van der Waals surface area contributed by atoms with Crippen LogP contribution >= 0.6 is 11.6 Å². The number of nitrogens with zero attached hydrogens (tertiary/aromatic N) is 1. The number of ether oxygens (including phenoxy) is 2. The van der Waals surface area contributed by atoms with Gasteiger partial charge in [-0.05, 0) is 31.5 Å². The number of benzene rings is 1. The molecule has 1 aromatic rings. The topological polar surface area (TPSA) is 116 Å². The fourth-order valence-corrected chi connectivity index (χ4v) is 2.60. The van der Waals surface area contributed by atoms with E-state index in [4.69, 9.17) is 16.3 Å². The summed E-state index contributed by atoms with van der Waals surface area (Å²) in [6.07, 6.45) is 0. The van der Waals surface area contributed by atoms with Crippen LogP contribution in [0.2, 0.25) is 5.02 Å². The van der Waals surface area contributed by atoms with Crippen LogP contribution in [0.15, 0.2) is 24.3 Å². The van der Waals surface area contributed by atoms with E-state index in [2.05, 4.69) is 4.74 Å². The van der Waals surface area contributed by atoms with E-state index in [1.165, 1.54) is 24.3 Å². The van der Waals surface area contributed by atoms with E-state index in [1.807, 2.05) is 0 Å².